The number of nitrogens with zero attached hydrogens (tertiary/aromatic N) is 1. The van der Waals surface area contributed by atoms with Crippen LogP contribution in [0.15, 0.2) is 48.5 Å². The van der Waals surface area contributed by atoms with Crippen LogP contribution in [0.1, 0.15) is 12.8 Å². The molecule has 0 aliphatic heterocycles. The molecule has 0 bridgehead atoms. The molecule has 0 heterocycles. The zero-order chi connectivity index (χ0) is 16.2. The van der Waals surface area contributed by atoms with Gasteiger partial charge < -0.3 is 9.64 Å². The minimum Gasteiger partial charge on any atom is -0.482 e. The SMILES string of the molecule is CN(CC1CC1)C(=O)COc1ccc(-c2ccccc2)cc1Cl. The summed E-state index contributed by atoms with van der Waals surface area (Å²) in [5.74, 6) is 1.21. The molecule has 0 atom stereocenters. The molecule has 0 aromatic heterocycles. The molecule has 3 nitrogen and oxygen atoms in total. The number of likely N-dealkylation sites (N-methyl/N-ethyl adjacent to an activating group) is 1. The number of hydrogen-bond donors (Lipinski definition) is 0. The van der Waals surface area contributed by atoms with Gasteiger partial charge in [0.2, 0.25) is 0 Å². The van der Waals surface area contributed by atoms with Gasteiger partial charge in [-0.25, -0.2) is 0 Å². The second kappa shape index (κ2) is 7.05. The van der Waals surface area contributed by atoms with Crippen LogP contribution < -0.4 is 4.74 Å². The van der Waals surface area contributed by atoms with Gasteiger partial charge in [-0.05, 0) is 42.0 Å². The normalized spacial score (nSPS) is 13.7. The third kappa shape index (κ3) is 4.26. The van der Waals surface area contributed by atoms with Crippen LogP contribution in [0.2, 0.25) is 5.02 Å². The van der Waals surface area contributed by atoms with Gasteiger partial charge in [0.15, 0.2) is 6.61 Å². The molecule has 23 heavy (non-hydrogen) atoms. The molecule has 2 aromatic carbocycles. The highest BCUT2D eigenvalue weighted by molar-refractivity contribution is 6.32. The summed E-state index contributed by atoms with van der Waals surface area (Å²) in [5, 5.41) is 0.518. The van der Waals surface area contributed by atoms with Crippen molar-refractivity contribution in [2.45, 2.75) is 12.8 Å². The van der Waals surface area contributed by atoms with E-state index in [4.69, 9.17) is 16.3 Å². The molecule has 1 amide bonds. The van der Waals surface area contributed by atoms with Crippen LogP contribution >= 0.6 is 11.6 Å². The number of rotatable bonds is 6. The van der Waals surface area contributed by atoms with E-state index in [2.05, 4.69) is 0 Å². The lowest BCUT2D eigenvalue weighted by atomic mass is 10.1. The summed E-state index contributed by atoms with van der Waals surface area (Å²) in [6, 6.07) is 15.7. The molecule has 1 aliphatic rings. The van der Waals surface area contributed by atoms with Crippen molar-refractivity contribution in [2.24, 2.45) is 5.92 Å². The van der Waals surface area contributed by atoms with Gasteiger partial charge in [-0.15, -0.1) is 0 Å². The number of ether oxygens (including phenoxy) is 1. The first-order valence-electron chi connectivity index (χ1n) is 7.85. The Labute approximate surface area is 141 Å². The summed E-state index contributed by atoms with van der Waals surface area (Å²) >= 11 is 6.29. The lowest BCUT2D eigenvalue weighted by Gasteiger charge is -2.17. The topological polar surface area (TPSA) is 29.5 Å². The third-order valence-electron chi connectivity index (χ3n) is 4.04. The Hall–Kier alpha value is -2.00. The van der Waals surface area contributed by atoms with Crippen molar-refractivity contribution in [1.82, 2.24) is 4.90 Å². The Morgan fingerprint density at radius 1 is 1.17 bits per heavy atom. The van der Waals surface area contributed by atoms with Crippen LogP contribution in [0, 0.1) is 5.92 Å². The van der Waals surface area contributed by atoms with E-state index in [0.717, 1.165) is 17.7 Å². The monoisotopic (exact) mass is 329 g/mol. The van der Waals surface area contributed by atoms with E-state index >= 15 is 0 Å². The van der Waals surface area contributed by atoms with E-state index < -0.39 is 0 Å². The molecular weight excluding hydrogens is 310 g/mol. The van der Waals surface area contributed by atoms with Gasteiger partial charge in [0.1, 0.15) is 5.75 Å². The molecule has 1 aliphatic carbocycles. The number of halogens is 1. The maximum Gasteiger partial charge on any atom is 0.260 e. The van der Waals surface area contributed by atoms with Crippen molar-refractivity contribution in [3.05, 3.63) is 53.6 Å². The first kappa shape index (κ1) is 15.9. The first-order chi connectivity index (χ1) is 11.1. The molecule has 1 fully saturated rings. The van der Waals surface area contributed by atoms with Crippen LogP contribution in [-0.2, 0) is 4.79 Å². The predicted molar refractivity (Wildman–Crippen MR) is 92.7 cm³/mol. The highest BCUT2D eigenvalue weighted by Crippen LogP contribution is 2.31. The zero-order valence-electron chi connectivity index (χ0n) is 13.2. The molecule has 0 saturated heterocycles. The number of hydrogen-bond acceptors (Lipinski definition) is 2. The van der Waals surface area contributed by atoms with Crippen LogP contribution in [0.4, 0.5) is 0 Å². The highest BCUT2D eigenvalue weighted by Gasteiger charge is 2.24. The zero-order valence-corrected chi connectivity index (χ0v) is 13.9. The lowest BCUT2D eigenvalue weighted by Crippen LogP contribution is -2.33. The van der Waals surface area contributed by atoms with Gasteiger partial charge in [0, 0.05) is 13.6 Å². The Balaban J connectivity index is 1.61. The molecule has 0 radical (unpaired) electrons. The molecule has 2 aromatic rings. The fourth-order valence-electron chi connectivity index (χ4n) is 2.47. The largest absolute Gasteiger partial charge is 0.482 e. The number of carbonyl (C=O) groups excluding carboxylic acids is 1. The van der Waals surface area contributed by atoms with Gasteiger partial charge in [0.25, 0.3) is 5.91 Å². The molecule has 3 rings (SSSR count). The minimum atomic E-state index is -0.0138. The summed E-state index contributed by atoms with van der Waals surface area (Å²) in [6.07, 6.45) is 2.45. The number of amides is 1. The standard InChI is InChI=1S/C19H20ClNO2/c1-21(12-14-7-8-14)19(22)13-23-18-10-9-16(11-17(18)20)15-5-3-2-4-6-15/h2-6,9-11,14H,7-8,12-13H2,1H3. The molecule has 120 valence electrons. The van der Waals surface area contributed by atoms with Crippen molar-refractivity contribution < 1.29 is 9.53 Å². The minimum absolute atomic E-state index is 0.0138. The number of carbonyl (C=O) groups is 1. The van der Waals surface area contributed by atoms with E-state index in [1.165, 1.54) is 12.8 Å². The summed E-state index contributed by atoms with van der Waals surface area (Å²) in [7, 11) is 1.82. The molecule has 4 heteroatoms. The quantitative estimate of drug-likeness (QED) is 0.792. The van der Waals surface area contributed by atoms with Crippen molar-refractivity contribution >= 4 is 17.5 Å². The second-order valence-electron chi connectivity index (χ2n) is 6.02. The summed E-state index contributed by atoms with van der Waals surface area (Å²) < 4.78 is 5.59. The molecule has 0 N–H and O–H groups in total. The predicted octanol–water partition coefficient (Wildman–Crippen LogP) is 4.25. The van der Waals surface area contributed by atoms with Crippen LogP contribution in [-0.4, -0.2) is 31.0 Å². The Morgan fingerprint density at radius 3 is 2.57 bits per heavy atom. The Bertz CT molecular complexity index is 683. The van der Waals surface area contributed by atoms with Crippen molar-refractivity contribution in [1.29, 1.82) is 0 Å². The number of benzene rings is 2. The van der Waals surface area contributed by atoms with E-state index in [9.17, 15) is 4.79 Å². The maximum absolute atomic E-state index is 12.0. The second-order valence-corrected chi connectivity index (χ2v) is 6.42. The van der Waals surface area contributed by atoms with Crippen LogP contribution in [0.25, 0.3) is 11.1 Å². The van der Waals surface area contributed by atoms with E-state index in [1.54, 1.807) is 4.90 Å². The van der Waals surface area contributed by atoms with Gasteiger partial charge in [-0.1, -0.05) is 48.0 Å². The van der Waals surface area contributed by atoms with Crippen LogP contribution in [0.5, 0.6) is 5.75 Å². The van der Waals surface area contributed by atoms with E-state index in [-0.39, 0.29) is 12.5 Å². The lowest BCUT2D eigenvalue weighted by molar-refractivity contribution is -0.132. The summed E-state index contributed by atoms with van der Waals surface area (Å²) in [4.78, 5) is 13.8. The molecule has 1 saturated carbocycles. The van der Waals surface area contributed by atoms with Gasteiger partial charge in [-0.2, -0.15) is 0 Å². The maximum atomic E-state index is 12.0. The highest BCUT2D eigenvalue weighted by atomic mass is 35.5. The Morgan fingerprint density at radius 2 is 1.91 bits per heavy atom. The summed E-state index contributed by atoms with van der Waals surface area (Å²) in [6.45, 7) is 0.844. The average molecular weight is 330 g/mol. The fraction of sp³-hybridized carbons (Fsp3) is 0.316. The van der Waals surface area contributed by atoms with Crippen molar-refractivity contribution in [2.75, 3.05) is 20.2 Å². The molecule has 0 unspecified atom stereocenters. The smallest absolute Gasteiger partial charge is 0.260 e. The fourth-order valence-corrected chi connectivity index (χ4v) is 2.70. The van der Waals surface area contributed by atoms with Gasteiger partial charge >= 0.3 is 0 Å². The third-order valence-corrected chi connectivity index (χ3v) is 4.34. The molecule has 0 spiro atoms. The summed E-state index contributed by atoms with van der Waals surface area (Å²) in [5.41, 5.74) is 2.13. The molecular formula is C19H20ClNO2. The average Bonchev–Trinajstić information content (AvgIpc) is 3.38. The van der Waals surface area contributed by atoms with Gasteiger partial charge in [-0.3, -0.25) is 4.79 Å². The first-order valence-corrected chi connectivity index (χ1v) is 8.23. The van der Waals surface area contributed by atoms with Crippen LogP contribution in [0.3, 0.4) is 0 Å². The van der Waals surface area contributed by atoms with Gasteiger partial charge in [0.05, 0.1) is 5.02 Å². The van der Waals surface area contributed by atoms with E-state index in [1.807, 2.05) is 55.6 Å². The van der Waals surface area contributed by atoms with E-state index in [0.29, 0.717) is 16.7 Å². The van der Waals surface area contributed by atoms with Crippen molar-refractivity contribution in [3.63, 3.8) is 0 Å². The Kier molecular flexibility index (Phi) is 4.87. The van der Waals surface area contributed by atoms with Crippen molar-refractivity contribution in [3.8, 4) is 16.9 Å².